The standard InChI is InChI=1S/C102H64BN7/c1-15-43-84-68(29-1)69-30-2-16-44-85(69)104(84)65-57-59-82-98(61-65)109(96-55-27-13-41-80(96)78-39-11-25-53-94(78)107-90-49-21-7-35-74(90)75-36-8-22-50-91(75)107)100-63-67(106-88-47-19-5-33-72(88)73-34-6-20-48-89(73)106)64-101-102(100)103(82)83-60-58-66(105-86-45-17-3-31-70(86)71-32-4-18-46-87(71)105)62-99(83)110(101)97-56-28-14-42-81(97)79-40-12-26-54-95(79)108-92-51-23-9-37-76(92)77-38-10-24-52-93(77)108/h1-64H. The van der Waals surface area contributed by atoms with Gasteiger partial charge in [-0.15, -0.1) is 0 Å². The lowest BCUT2D eigenvalue weighted by Crippen LogP contribution is -2.61. The van der Waals surface area contributed by atoms with Gasteiger partial charge in [0.15, 0.2) is 0 Å². The lowest BCUT2D eigenvalue weighted by molar-refractivity contribution is 1.15. The van der Waals surface area contributed by atoms with Crippen LogP contribution in [0.1, 0.15) is 0 Å². The van der Waals surface area contributed by atoms with Gasteiger partial charge in [0.25, 0.3) is 6.71 Å². The van der Waals surface area contributed by atoms with E-state index < -0.39 is 0 Å². The summed E-state index contributed by atoms with van der Waals surface area (Å²) in [6.07, 6.45) is 0. The van der Waals surface area contributed by atoms with E-state index in [0.717, 1.165) is 140 Å². The molecule has 510 valence electrons. The number of aromatic nitrogens is 5. The Hall–Kier alpha value is -14.6. The van der Waals surface area contributed by atoms with Gasteiger partial charge in [-0.2, -0.15) is 0 Å². The molecule has 0 N–H and O–H groups in total. The predicted octanol–water partition coefficient (Wildman–Crippen LogP) is 24.6. The van der Waals surface area contributed by atoms with Gasteiger partial charge >= 0.3 is 0 Å². The van der Waals surface area contributed by atoms with Gasteiger partial charge in [-0.1, -0.05) is 267 Å². The Balaban J connectivity index is 0.849. The summed E-state index contributed by atoms with van der Waals surface area (Å²) in [5.74, 6) is 0. The Bertz CT molecular complexity index is 7010. The highest BCUT2D eigenvalue weighted by molar-refractivity contribution is 7.00. The molecule has 0 spiro atoms. The zero-order chi connectivity index (χ0) is 71.8. The summed E-state index contributed by atoms with van der Waals surface area (Å²) in [7, 11) is 0. The summed E-state index contributed by atoms with van der Waals surface area (Å²) >= 11 is 0. The van der Waals surface area contributed by atoms with Crippen molar-refractivity contribution in [1.29, 1.82) is 0 Å². The van der Waals surface area contributed by atoms with Crippen LogP contribution in [0.3, 0.4) is 0 Å². The van der Waals surface area contributed by atoms with Crippen LogP contribution in [0, 0.1) is 0 Å². The van der Waals surface area contributed by atoms with Crippen LogP contribution in [-0.2, 0) is 0 Å². The van der Waals surface area contributed by atoms with E-state index >= 15 is 0 Å². The highest BCUT2D eigenvalue weighted by Gasteiger charge is 2.45. The van der Waals surface area contributed by atoms with Crippen molar-refractivity contribution < 1.29 is 0 Å². The minimum atomic E-state index is -0.279. The number of para-hydroxylation sites is 14. The van der Waals surface area contributed by atoms with Gasteiger partial charge < -0.3 is 32.6 Å². The Kier molecular flexibility index (Phi) is 12.9. The fourth-order valence-corrected chi connectivity index (χ4v) is 19.4. The molecule has 0 saturated heterocycles. The summed E-state index contributed by atoms with van der Waals surface area (Å²) < 4.78 is 12.5. The molecule has 7 nitrogen and oxygen atoms in total. The molecule has 110 heavy (non-hydrogen) atoms. The lowest BCUT2D eigenvalue weighted by atomic mass is 9.33. The number of rotatable bonds is 9. The molecule has 0 aliphatic carbocycles. The normalized spacial score (nSPS) is 12.7. The Morgan fingerprint density at radius 3 is 0.645 bits per heavy atom. The van der Waals surface area contributed by atoms with E-state index in [1.165, 1.54) is 70.3 Å². The number of nitrogens with zero attached hydrogens (tertiary/aromatic N) is 7. The zero-order valence-corrected chi connectivity index (χ0v) is 59.7. The van der Waals surface area contributed by atoms with Gasteiger partial charge in [0.1, 0.15) is 0 Å². The van der Waals surface area contributed by atoms with Crippen LogP contribution >= 0.6 is 0 Å². The van der Waals surface area contributed by atoms with Crippen molar-refractivity contribution >= 4 is 166 Å². The fraction of sp³-hybridized carbons (Fsp3) is 0. The number of fused-ring (bicyclic) bond motifs is 19. The molecular weight excluding hydrogens is 1330 g/mol. The third-order valence-electron chi connectivity index (χ3n) is 23.9. The van der Waals surface area contributed by atoms with E-state index in [1.54, 1.807) is 0 Å². The number of hydrogen-bond donors (Lipinski definition) is 0. The second-order valence-corrected chi connectivity index (χ2v) is 29.4. The first-order valence-corrected chi connectivity index (χ1v) is 38.0. The molecular formula is C102H64BN7. The second-order valence-electron chi connectivity index (χ2n) is 29.4. The van der Waals surface area contributed by atoms with Gasteiger partial charge in [0.05, 0.1) is 83.6 Å². The van der Waals surface area contributed by atoms with E-state index in [4.69, 9.17) is 0 Å². The van der Waals surface area contributed by atoms with Crippen molar-refractivity contribution in [2.75, 3.05) is 9.80 Å². The smallest absolute Gasteiger partial charge is 0.252 e. The Morgan fingerprint density at radius 1 is 0.155 bits per heavy atom. The molecule has 0 unspecified atom stereocenters. The monoisotopic (exact) mass is 1400 g/mol. The molecule has 0 bridgehead atoms. The summed E-state index contributed by atoms with van der Waals surface area (Å²) in [5.41, 5.74) is 31.4. The van der Waals surface area contributed by atoms with Gasteiger partial charge in [0.2, 0.25) is 0 Å². The molecule has 24 rings (SSSR count). The Morgan fingerprint density at radius 2 is 0.364 bits per heavy atom. The van der Waals surface area contributed by atoms with E-state index in [9.17, 15) is 0 Å². The summed E-state index contributed by atoms with van der Waals surface area (Å²) in [5, 5.41) is 12.1. The first-order valence-electron chi connectivity index (χ1n) is 38.0. The third-order valence-corrected chi connectivity index (χ3v) is 23.9. The topological polar surface area (TPSA) is 31.1 Å². The van der Waals surface area contributed by atoms with Crippen LogP contribution in [0.5, 0.6) is 0 Å². The number of benzene rings is 17. The highest BCUT2D eigenvalue weighted by Crippen LogP contribution is 2.53. The van der Waals surface area contributed by atoms with Crippen LogP contribution in [0.2, 0.25) is 0 Å². The highest BCUT2D eigenvalue weighted by atomic mass is 15.2. The third kappa shape index (κ3) is 8.55. The molecule has 17 aromatic carbocycles. The maximum Gasteiger partial charge on any atom is 0.252 e. The zero-order valence-electron chi connectivity index (χ0n) is 59.7. The summed E-state index contributed by atoms with van der Waals surface area (Å²) in [4.78, 5) is 5.33. The average Bonchev–Trinajstić information content (AvgIpc) is 0.902. The lowest BCUT2D eigenvalue weighted by Gasteiger charge is -2.45. The largest absolute Gasteiger partial charge is 0.311 e. The Labute approximate surface area is 633 Å². The van der Waals surface area contributed by atoms with Crippen LogP contribution in [-0.4, -0.2) is 29.5 Å². The summed E-state index contributed by atoms with van der Waals surface area (Å²) in [6, 6.07) is 146. The van der Waals surface area contributed by atoms with Crippen LogP contribution in [0.25, 0.3) is 160 Å². The average molecular weight is 1400 g/mol. The van der Waals surface area contributed by atoms with Crippen LogP contribution in [0.4, 0.5) is 34.1 Å². The van der Waals surface area contributed by atoms with Crippen molar-refractivity contribution in [2.45, 2.75) is 0 Å². The second kappa shape index (κ2) is 23.5. The molecule has 0 fully saturated rings. The van der Waals surface area contributed by atoms with E-state index in [1.807, 2.05) is 0 Å². The quantitative estimate of drug-likeness (QED) is 0.135. The molecule has 2 aliphatic rings. The van der Waals surface area contributed by atoms with Crippen LogP contribution in [0.15, 0.2) is 388 Å². The van der Waals surface area contributed by atoms with E-state index in [0.29, 0.717) is 0 Å². The maximum atomic E-state index is 2.66. The van der Waals surface area contributed by atoms with Crippen molar-refractivity contribution in [3.05, 3.63) is 388 Å². The number of hydrogen-bond acceptors (Lipinski definition) is 2. The first kappa shape index (κ1) is 60.6. The molecule has 0 amide bonds. The van der Waals surface area contributed by atoms with Crippen molar-refractivity contribution in [2.24, 2.45) is 0 Å². The van der Waals surface area contributed by atoms with E-state index in [2.05, 4.69) is 421 Å². The molecule has 5 aromatic heterocycles. The van der Waals surface area contributed by atoms with E-state index in [-0.39, 0.29) is 6.71 Å². The van der Waals surface area contributed by atoms with Crippen molar-refractivity contribution in [3.8, 4) is 50.7 Å². The minimum absolute atomic E-state index is 0.279. The van der Waals surface area contributed by atoms with Crippen molar-refractivity contribution in [1.82, 2.24) is 22.8 Å². The van der Waals surface area contributed by atoms with Gasteiger partial charge in [-0.3, -0.25) is 0 Å². The summed E-state index contributed by atoms with van der Waals surface area (Å²) in [6.45, 7) is -0.279. The first-order chi connectivity index (χ1) is 54.7. The van der Waals surface area contributed by atoms with Crippen LogP contribution < -0.4 is 26.2 Å². The predicted molar refractivity (Wildman–Crippen MR) is 463 cm³/mol. The molecule has 22 aromatic rings. The molecule has 7 heterocycles. The molecule has 0 atom stereocenters. The van der Waals surface area contributed by atoms with Gasteiger partial charge in [-0.25, -0.2) is 0 Å². The maximum absolute atomic E-state index is 2.66. The molecule has 0 radical (unpaired) electrons. The number of anilines is 6. The van der Waals surface area contributed by atoms with Gasteiger partial charge in [-0.05, 0) is 138 Å². The SMILES string of the molecule is c1ccc(N2c3cc(-n4c5ccccc5c5ccccc54)ccc3B3c4ccc(-n5c6ccccc6c6ccccc65)cc4N(c4ccccc4-c4ccccc4-n4c5ccccc5c5ccccc54)c4cc(-n5c6ccccc6c6ccccc65)cc2c43)c(-c2ccccc2-n2c3ccccc3c3ccccc32)c1. The molecule has 0 saturated carbocycles. The minimum Gasteiger partial charge on any atom is -0.311 e. The van der Waals surface area contributed by atoms with Gasteiger partial charge in [0, 0.05) is 110 Å². The molecule has 2 aliphatic heterocycles. The fourth-order valence-electron chi connectivity index (χ4n) is 19.4. The molecule has 8 heteroatoms. The van der Waals surface area contributed by atoms with Crippen molar-refractivity contribution in [3.63, 3.8) is 0 Å².